The first kappa shape index (κ1) is 17.6. The van der Waals surface area contributed by atoms with Crippen molar-refractivity contribution in [3.63, 3.8) is 0 Å². The van der Waals surface area contributed by atoms with Crippen LogP contribution in [0.2, 0.25) is 0 Å². The Morgan fingerprint density at radius 3 is 1.72 bits per heavy atom. The fraction of sp³-hybridized carbons (Fsp3) is 0.917. The maximum absolute atomic E-state index is 12.4. The summed E-state index contributed by atoms with van der Waals surface area (Å²) in [7, 11) is -3.45. The van der Waals surface area contributed by atoms with Gasteiger partial charge in [0.25, 0.3) is 0 Å². The van der Waals surface area contributed by atoms with E-state index in [0.29, 0.717) is 0 Å². The fourth-order valence-electron chi connectivity index (χ4n) is 1.27. The van der Waals surface area contributed by atoms with E-state index in [0.717, 1.165) is 0 Å². The SMILES string of the molecule is CC(C)OP(=O)(CC(=O)OC(C)(C)C)OC(C)C. The van der Waals surface area contributed by atoms with E-state index in [-0.39, 0.29) is 18.4 Å². The number of ether oxygens (including phenoxy) is 1. The molecule has 0 N–H and O–H groups in total. The summed E-state index contributed by atoms with van der Waals surface area (Å²) >= 11 is 0. The van der Waals surface area contributed by atoms with Crippen LogP contribution in [-0.4, -0.2) is 29.9 Å². The molecule has 0 aromatic heterocycles. The average Bonchev–Trinajstić information content (AvgIpc) is 1.92. The van der Waals surface area contributed by atoms with Gasteiger partial charge in [-0.2, -0.15) is 0 Å². The maximum Gasteiger partial charge on any atom is 0.342 e. The van der Waals surface area contributed by atoms with E-state index < -0.39 is 19.2 Å². The number of rotatable bonds is 6. The predicted octanol–water partition coefficient (Wildman–Crippen LogP) is 3.37. The minimum absolute atomic E-state index is 0.281. The normalized spacial score (nSPS) is 13.2. The van der Waals surface area contributed by atoms with E-state index in [4.69, 9.17) is 13.8 Å². The van der Waals surface area contributed by atoms with Crippen molar-refractivity contribution in [1.82, 2.24) is 0 Å². The molecular formula is C12H25O5P. The van der Waals surface area contributed by atoms with Gasteiger partial charge in [-0.15, -0.1) is 0 Å². The third-order valence-corrected chi connectivity index (χ3v) is 3.62. The van der Waals surface area contributed by atoms with Crippen LogP contribution in [0.3, 0.4) is 0 Å². The smallest absolute Gasteiger partial charge is 0.342 e. The molecule has 0 rings (SSSR count). The molecule has 0 aliphatic carbocycles. The van der Waals surface area contributed by atoms with Gasteiger partial charge in [-0.05, 0) is 48.5 Å². The summed E-state index contributed by atoms with van der Waals surface area (Å²) in [5.41, 5.74) is -0.614. The van der Waals surface area contributed by atoms with Gasteiger partial charge in [0.15, 0.2) is 0 Å². The third-order valence-electron chi connectivity index (χ3n) is 1.49. The zero-order chi connectivity index (χ0) is 14.6. The highest BCUT2D eigenvalue weighted by Crippen LogP contribution is 2.50. The van der Waals surface area contributed by atoms with Crippen molar-refractivity contribution in [3.8, 4) is 0 Å². The Labute approximate surface area is 110 Å². The van der Waals surface area contributed by atoms with E-state index in [1.165, 1.54) is 0 Å². The molecule has 6 heteroatoms. The lowest BCUT2D eigenvalue weighted by Crippen LogP contribution is -2.27. The van der Waals surface area contributed by atoms with Crippen molar-refractivity contribution in [3.05, 3.63) is 0 Å². The van der Waals surface area contributed by atoms with Crippen molar-refractivity contribution in [2.75, 3.05) is 6.16 Å². The first-order chi connectivity index (χ1) is 7.93. The molecular weight excluding hydrogens is 255 g/mol. The second-order valence-electron chi connectivity index (χ2n) is 5.66. The molecule has 0 saturated carbocycles. The van der Waals surface area contributed by atoms with Crippen LogP contribution in [0.5, 0.6) is 0 Å². The van der Waals surface area contributed by atoms with Gasteiger partial charge in [0.2, 0.25) is 0 Å². The second-order valence-corrected chi connectivity index (χ2v) is 7.62. The molecule has 0 bridgehead atoms. The van der Waals surface area contributed by atoms with Crippen LogP contribution in [0, 0.1) is 0 Å². The molecule has 0 aliphatic rings. The first-order valence-electron chi connectivity index (χ1n) is 6.11. The lowest BCUT2D eigenvalue weighted by Gasteiger charge is -2.24. The van der Waals surface area contributed by atoms with Gasteiger partial charge in [0.1, 0.15) is 11.8 Å². The lowest BCUT2D eigenvalue weighted by molar-refractivity contribution is -0.151. The number of esters is 1. The molecule has 0 aliphatic heterocycles. The molecule has 0 saturated heterocycles. The minimum Gasteiger partial charge on any atom is -0.459 e. The van der Waals surface area contributed by atoms with E-state index in [1.54, 1.807) is 48.5 Å². The number of hydrogen-bond donors (Lipinski definition) is 0. The summed E-state index contributed by atoms with van der Waals surface area (Å²) in [6, 6.07) is 0. The van der Waals surface area contributed by atoms with Crippen LogP contribution < -0.4 is 0 Å². The summed E-state index contributed by atoms with van der Waals surface area (Å²) in [4.78, 5) is 11.7. The Bertz CT molecular complexity index is 303. The van der Waals surface area contributed by atoms with Crippen LogP contribution in [0.4, 0.5) is 0 Å². The van der Waals surface area contributed by atoms with Crippen molar-refractivity contribution in [1.29, 1.82) is 0 Å². The Balaban J connectivity index is 4.69. The van der Waals surface area contributed by atoms with Crippen LogP contribution in [0.15, 0.2) is 0 Å². The highest BCUT2D eigenvalue weighted by molar-refractivity contribution is 7.54. The Morgan fingerprint density at radius 1 is 1.06 bits per heavy atom. The van der Waals surface area contributed by atoms with E-state index >= 15 is 0 Å². The molecule has 0 radical (unpaired) electrons. The van der Waals surface area contributed by atoms with Gasteiger partial charge in [0, 0.05) is 0 Å². The molecule has 108 valence electrons. The molecule has 0 aromatic carbocycles. The second kappa shape index (κ2) is 6.69. The van der Waals surface area contributed by atoms with Gasteiger partial charge < -0.3 is 13.8 Å². The molecule has 0 amide bonds. The van der Waals surface area contributed by atoms with Crippen molar-refractivity contribution in [2.24, 2.45) is 0 Å². The van der Waals surface area contributed by atoms with Crippen molar-refractivity contribution in [2.45, 2.75) is 66.3 Å². The topological polar surface area (TPSA) is 61.8 Å². The van der Waals surface area contributed by atoms with Gasteiger partial charge in [-0.3, -0.25) is 9.36 Å². The van der Waals surface area contributed by atoms with Crippen LogP contribution in [0.25, 0.3) is 0 Å². The zero-order valence-electron chi connectivity index (χ0n) is 12.4. The molecule has 0 spiro atoms. The summed E-state index contributed by atoms with van der Waals surface area (Å²) in [5, 5.41) is 0. The van der Waals surface area contributed by atoms with E-state index in [2.05, 4.69) is 0 Å². The molecule has 0 unspecified atom stereocenters. The first-order valence-corrected chi connectivity index (χ1v) is 7.84. The van der Waals surface area contributed by atoms with Crippen LogP contribution in [-0.2, 0) is 23.1 Å². The van der Waals surface area contributed by atoms with Gasteiger partial charge in [0.05, 0.1) is 12.2 Å². The number of carbonyl (C=O) groups excluding carboxylic acids is 1. The summed E-state index contributed by atoms with van der Waals surface area (Å²) in [5.74, 6) is -0.577. The van der Waals surface area contributed by atoms with Gasteiger partial charge in [-0.25, -0.2) is 0 Å². The molecule has 0 fully saturated rings. The van der Waals surface area contributed by atoms with Gasteiger partial charge in [-0.1, -0.05) is 0 Å². The predicted molar refractivity (Wildman–Crippen MR) is 70.8 cm³/mol. The lowest BCUT2D eigenvalue weighted by atomic mass is 10.2. The monoisotopic (exact) mass is 280 g/mol. The van der Waals surface area contributed by atoms with E-state index in [1.807, 2.05) is 0 Å². The molecule has 0 atom stereocenters. The fourth-order valence-corrected chi connectivity index (χ4v) is 3.14. The zero-order valence-corrected chi connectivity index (χ0v) is 13.2. The summed E-state index contributed by atoms with van der Waals surface area (Å²) in [6.45, 7) is 12.2. The van der Waals surface area contributed by atoms with Crippen LogP contribution >= 0.6 is 7.60 Å². The quantitative estimate of drug-likeness (QED) is 0.551. The van der Waals surface area contributed by atoms with E-state index in [9.17, 15) is 9.36 Å². The summed E-state index contributed by atoms with van der Waals surface area (Å²) in [6.07, 6.45) is -0.922. The van der Waals surface area contributed by atoms with Gasteiger partial charge >= 0.3 is 13.6 Å². The summed E-state index contributed by atoms with van der Waals surface area (Å²) < 4.78 is 28.0. The Hall–Kier alpha value is -0.380. The Kier molecular flexibility index (Phi) is 6.55. The number of carbonyl (C=O) groups is 1. The minimum atomic E-state index is -3.45. The molecule has 18 heavy (non-hydrogen) atoms. The van der Waals surface area contributed by atoms with Crippen LogP contribution in [0.1, 0.15) is 48.5 Å². The highest BCUT2D eigenvalue weighted by atomic mass is 31.2. The average molecular weight is 280 g/mol. The van der Waals surface area contributed by atoms with Crippen molar-refractivity contribution < 1.29 is 23.1 Å². The maximum atomic E-state index is 12.4. The molecule has 5 nitrogen and oxygen atoms in total. The Morgan fingerprint density at radius 2 is 1.44 bits per heavy atom. The number of hydrogen-bond acceptors (Lipinski definition) is 5. The molecule has 0 aromatic rings. The standard InChI is InChI=1S/C12H25O5P/c1-9(2)16-18(14,17-10(3)4)8-11(13)15-12(5,6)7/h9-10H,8H2,1-7H3. The molecule has 0 heterocycles. The largest absolute Gasteiger partial charge is 0.459 e. The van der Waals surface area contributed by atoms with Crippen molar-refractivity contribution >= 4 is 13.6 Å². The highest BCUT2D eigenvalue weighted by Gasteiger charge is 2.33. The third kappa shape index (κ3) is 8.67.